The minimum atomic E-state index is -3.64. The van der Waals surface area contributed by atoms with Crippen LogP contribution in [0.3, 0.4) is 0 Å². The summed E-state index contributed by atoms with van der Waals surface area (Å²) in [6, 6.07) is 15.8. The van der Waals surface area contributed by atoms with E-state index in [9.17, 15) is 13.2 Å². The van der Waals surface area contributed by atoms with Crippen molar-refractivity contribution in [3.8, 4) is 0 Å². The molecule has 0 aliphatic heterocycles. The maximum absolute atomic E-state index is 12.5. The first-order chi connectivity index (χ1) is 11.5. The largest absolute Gasteiger partial charge is 0.469 e. The summed E-state index contributed by atoms with van der Waals surface area (Å²) in [6.07, 6.45) is 0.153. The van der Waals surface area contributed by atoms with Crippen LogP contribution in [0.4, 0.5) is 5.69 Å². The third-order valence-electron chi connectivity index (χ3n) is 3.45. The van der Waals surface area contributed by atoms with E-state index in [-0.39, 0.29) is 16.6 Å². The fourth-order valence-corrected chi connectivity index (χ4v) is 4.68. The van der Waals surface area contributed by atoms with E-state index in [2.05, 4.69) is 9.46 Å². The lowest BCUT2D eigenvalue weighted by molar-refractivity contribution is -0.139. The number of carbonyl (C=O) groups is 1. The highest BCUT2D eigenvalue weighted by Gasteiger charge is 2.17. The van der Waals surface area contributed by atoms with Gasteiger partial charge in [0.1, 0.15) is 4.21 Å². The Morgan fingerprint density at radius 2 is 1.83 bits per heavy atom. The summed E-state index contributed by atoms with van der Waals surface area (Å²) >= 11 is 1.23. The molecule has 2 aromatic carbocycles. The van der Waals surface area contributed by atoms with Gasteiger partial charge >= 0.3 is 5.97 Å². The molecular weight excluding hydrogens is 346 g/mol. The minimum Gasteiger partial charge on any atom is -0.469 e. The van der Waals surface area contributed by atoms with Gasteiger partial charge in [-0.05, 0) is 35.2 Å². The Hall–Kier alpha value is -2.38. The van der Waals surface area contributed by atoms with Crippen molar-refractivity contribution in [1.82, 2.24) is 0 Å². The third kappa shape index (κ3) is 3.58. The Morgan fingerprint density at radius 1 is 1.12 bits per heavy atom. The number of sulfonamides is 1. The van der Waals surface area contributed by atoms with Crippen molar-refractivity contribution < 1.29 is 17.9 Å². The molecule has 1 N–H and O–H groups in total. The predicted octanol–water partition coefficient (Wildman–Crippen LogP) is 3.42. The van der Waals surface area contributed by atoms with Crippen LogP contribution in [0.25, 0.3) is 10.1 Å². The molecule has 0 bridgehead atoms. The van der Waals surface area contributed by atoms with E-state index in [1.165, 1.54) is 18.4 Å². The normalized spacial score (nSPS) is 11.4. The molecule has 0 fully saturated rings. The number of esters is 1. The van der Waals surface area contributed by atoms with Gasteiger partial charge in [0.05, 0.1) is 13.5 Å². The molecule has 0 saturated heterocycles. The Kier molecular flexibility index (Phi) is 4.55. The van der Waals surface area contributed by atoms with Crippen LogP contribution in [0.1, 0.15) is 5.56 Å². The van der Waals surface area contributed by atoms with Crippen molar-refractivity contribution in [2.24, 2.45) is 0 Å². The summed E-state index contributed by atoms with van der Waals surface area (Å²) in [4.78, 5) is 11.2. The molecule has 7 heteroatoms. The fourth-order valence-electron chi connectivity index (χ4n) is 2.22. The number of thiophene rings is 1. The van der Waals surface area contributed by atoms with Crippen molar-refractivity contribution in [1.29, 1.82) is 0 Å². The van der Waals surface area contributed by atoms with Gasteiger partial charge in [-0.15, -0.1) is 11.3 Å². The van der Waals surface area contributed by atoms with Gasteiger partial charge in [-0.1, -0.05) is 30.3 Å². The maximum atomic E-state index is 12.5. The first kappa shape index (κ1) is 16.5. The molecule has 0 radical (unpaired) electrons. The quantitative estimate of drug-likeness (QED) is 0.707. The van der Waals surface area contributed by atoms with E-state index >= 15 is 0 Å². The number of benzene rings is 2. The first-order valence-corrected chi connectivity index (χ1v) is 9.45. The lowest BCUT2D eigenvalue weighted by atomic mass is 10.1. The van der Waals surface area contributed by atoms with Gasteiger partial charge in [0.25, 0.3) is 10.0 Å². The second kappa shape index (κ2) is 6.62. The number of nitrogens with one attached hydrogen (secondary N) is 1. The Balaban J connectivity index is 1.80. The number of carbonyl (C=O) groups excluding carboxylic acids is 1. The summed E-state index contributed by atoms with van der Waals surface area (Å²) < 4.78 is 33.4. The zero-order valence-corrected chi connectivity index (χ0v) is 14.5. The van der Waals surface area contributed by atoms with Gasteiger partial charge < -0.3 is 4.74 Å². The second-order valence-corrected chi connectivity index (χ2v) is 8.15. The summed E-state index contributed by atoms with van der Waals surface area (Å²) in [7, 11) is -2.31. The fraction of sp³-hybridized carbons (Fsp3) is 0.118. The molecular formula is C17H15NO4S2. The molecule has 0 atom stereocenters. The number of hydrogen-bond donors (Lipinski definition) is 1. The minimum absolute atomic E-state index is 0.153. The van der Waals surface area contributed by atoms with Gasteiger partial charge in [0.2, 0.25) is 0 Å². The van der Waals surface area contributed by atoms with E-state index < -0.39 is 10.0 Å². The van der Waals surface area contributed by atoms with E-state index in [0.717, 1.165) is 15.6 Å². The van der Waals surface area contributed by atoms with E-state index in [4.69, 9.17) is 0 Å². The highest BCUT2D eigenvalue weighted by atomic mass is 32.2. The van der Waals surface area contributed by atoms with Crippen LogP contribution in [0.5, 0.6) is 0 Å². The average molecular weight is 361 g/mol. The summed E-state index contributed by atoms with van der Waals surface area (Å²) in [6.45, 7) is 0. The second-order valence-electron chi connectivity index (χ2n) is 5.16. The smallest absolute Gasteiger partial charge is 0.309 e. The molecule has 124 valence electrons. The van der Waals surface area contributed by atoms with Gasteiger partial charge in [-0.25, -0.2) is 8.42 Å². The van der Waals surface area contributed by atoms with E-state index in [1.54, 1.807) is 30.3 Å². The zero-order chi connectivity index (χ0) is 17.2. The Morgan fingerprint density at radius 3 is 2.50 bits per heavy atom. The SMILES string of the molecule is COC(=O)Cc1ccc(NS(=O)(=O)c2cc3ccccc3s2)cc1. The van der Waals surface area contributed by atoms with Crippen LogP contribution in [0.15, 0.2) is 58.8 Å². The Labute approximate surface area is 143 Å². The number of hydrogen-bond acceptors (Lipinski definition) is 5. The summed E-state index contributed by atoms with van der Waals surface area (Å²) in [5.74, 6) is -0.339. The lowest BCUT2D eigenvalue weighted by Crippen LogP contribution is -2.11. The third-order valence-corrected chi connectivity index (χ3v) is 6.42. The monoisotopic (exact) mass is 361 g/mol. The summed E-state index contributed by atoms with van der Waals surface area (Å²) in [5, 5.41) is 0.899. The highest BCUT2D eigenvalue weighted by Crippen LogP contribution is 2.30. The van der Waals surface area contributed by atoms with Crippen LogP contribution < -0.4 is 4.72 Å². The van der Waals surface area contributed by atoms with E-state index in [1.807, 2.05) is 24.3 Å². The predicted molar refractivity (Wildman–Crippen MR) is 94.8 cm³/mol. The zero-order valence-electron chi connectivity index (χ0n) is 12.9. The Bertz CT molecular complexity index is 942. The maximum Gasteiger partial charge on any atom is 0.309 e. The molecule has 0 amide bonds. The number of ether oxygens (including phenoxy) is 1. The van der Waals surface area contributed by atoms with Crippen LogP contribution in [0, 0.1) is 0 Å². The molecule has 3 rings (SSSR count). The number of anilines is 1. The van der Waals surface area contributed by atoms with Gasteiger partial charge in [0, 0.05) is 10.4 Å². The van der Waals surface area contributed by atoms with Crippen LogP contribution >= 0.6 is 11.3 Å². The molecule has 0 saturated carbocycles. The molecule has 0 unspecified atom stereocenters. The van der Waals surface area contributed by atoms with Crippen molar-refractivity contribution in [3.05, 3.63) is 60.2 Å². The number of fused-ring (bicyclic) bond motifs is 1. The van der Waals surface area contributed by atoms with Gasteiger partial charge in [0.15, 0.2) is 0 Å². The van der Waals surface area contributed by atoms with Crippen molar-refractivity contribution >= 4 is 43.1 Å². The van der Waals surface area contributed by atoms with Gasteiger partial charge in [-0.2, -0.15) is 0 Å². The van der Waals surface area contributed by atoms with Crippen LogP contribution in [-0.2, 0) is 26.0 Å². The number of rotatable bonds is 5. The average Bonchev–Trinajstić information content (AvgIpc) is 3.01. The first-order valence-electron chi connectivity index (χ1n) is 7.15. The molecule has 0 aliphatic carbocycles. The van der Waals surface area contributed by atoms with Crippen molar-refractivity contribution in [3.63, 3.8) is 0 Å². The molecule has 5 nitrogen and oxygen atoms in total. The number of methoxy groups -OCH3 is 1. The molecule has 3 aromatic rings. The molecule has 0 spiro atoms. The summed E-state index contributed by atoms with van der Waals surface area (Å²) in [5.41, 5.74) is 1.20. The van der Waals surface area contributed by atoms with Crippen LogP contribution in [0.2, 0.25) is 0 Å². The van der Waals surface area contributed by atoms with Crippen LogP contribution in [-0.4, -0.2) is 21.5 Å². The van der Waals surface area contributed by atoms with Crippen molar-refractivity contribution in [2.45, 2.75) is 10.6 Å². The molecule has 1 aromatic heterocycles. The highest BCUT2D eigenvalue weighted by molar-refractivity contribution is 7.94. The molecule has 24 heavy (non-hydrogen) atoms. The lowest BCUT2D eigenvalue weighted by Gasteiger charge is -2.07. The topological polar surface area (TPSA) is 72.5 Å². The van der Waals surface area contributed by atoms with E-state index in [0.29, 0.717) is 5.69 Å². The molecule has 1 heterocycles. The van der Waals surface area contributed by atoms with Gasteiger partial charge in [-0.3, -0.25) is 9.52 Å². The molecule has 0 aliphatic rings. The van der Waals surface area contributed by atoms with Crippen molar-refractivity contribution in [2.75, 3.05) is 11.8 Å². The standard InChI is InChI=1S/C17H15NO4S2/c1-22-16(19)10-12-6-8-14(9-7-12)18-24(20,21)17-11-13-4-2-3-5-15(13)23-17/h2-9,11,18H,10H2,1H3.